The lowest BCUT2D eigenvalue weighted by Crippen LogP contribution is -2.34. The molecule has 1 fully saturated rings. The zero-order chi connectivity index (χ0) is 12.5. The van der Waals surface area contributed by atoms with E-state index in [2.05, 4.69) is 19.2 Å². The summed E-state index contributed by atoms with van der Waals surface area (Å²) in [4.78, 5) is 0. The van der Waals surface area contributed by atoms with Crippen LogP contribution in [-0.4, -0.2) is 20.8 Å². The van der Waals surface area contributed by atoms with Gasteiger partial charge in [0.15, 0.2) is 0 Å². The van der Waals surface area contributed by atoms with Crippen molar-refractivity contribution in [3.05, 3.63) is 23.3 Å². The van der Waals surface area contributed by atoms with E-state index in [0.717, 1.165) is 35.6 Å². The quantitative estimate of drug-likeness (QED) is 0.873. The van der Waals surface area contributed by atoms with E-state index in [4.69, 9.17) is 9.47 Å². The summed E-state index contributed by atoms with van der Waals surface area (Å²) < 4.78 is 11.1. The van der Waals surface area contributed by atoms with Gasteiger partial charge < -0.3 is 14.8 Å². The summed E-state index contributed by atoms with van der Waals surface area (Å²) in [7, 11) is 3.44. The molecule has 2 rings (SSSR count). The standard InChI is InChI=1S/C14H21NO2/c1-10-6-7-11(16-3)12(13(10)17-4)14(2)8-5-9-15-14/h6-7,15H,5,8-9H2,1-4H3. The van der Waals surface area contributed by atoms with Gasteiger partial charge in [-0.15, -0.1) is 0 Å². The zero-order valence-corrected chi connectivity index (χ0v) is 11.1. The van der Waals surface area contributed by atoms with Crippen molar-refractivity contribution in [1.29, 1.82) is 0 Å². The van der Waals surface area contributed by atoms with Crippen LogP contribution in [0.5, 0.6) is 11.5 Å². The molecular formula is C14H21NO2. The Morgan fingerprint density at radius 1 is 1.24 bits per heavy atom. The first kappa shape index (κ1) is 12.2. The topological polar surface area (TPSA) is 30.5 Å². The third kappa shape index (κ3) is 2.00. The largest absolute Gasteiger partial charge is 0.496 e. The van der Waals surface area contributed by atoms with Gasteiger partial charge in [0.25, 0.3) is 0 Å². The molecule has 0 radical (unpaired) electrons. The van der Waals surface area contributed by atoms with Crippen LogP contribution in [0.25, 0.3) is 0 Å². The first-order chi connectivity index (χ1) is 8.12. The van der Waals surface area contributed by atoms with Crippen LogP contribution in [0.15, 0.2) is 12.1 Å². The number of ether oxygens (including phenoxy) is 2. The second-order valence-electron chi connectivity index (χ2n) is 4.86. The second-order valence-corrected chi connectivity index (χ2v) is 4.86. The van der Waals surface area contributed by atoms with Crippen molar-refractivity contribution in [3.8, 4) is 11.5 Å². The van der Waals surface area contributed by atoms with Gasteiger partial charge in [-0.2, -0.15) is 0 Å². The maximum atomic E-state index is 5.58. The normalized spacial score (nSPS) is 23.8. The van der Waals surface area contributed by atoms with Gasteiger partial charge in [0.1, 0.15) is 11.5 Å². The first-order valence-corrected chi connectivity index (χ1v) is 6.09. The number of nitrogens with one attached hydrogen (secondary N) is 1. The number of rotatable bonds is 3. The first-order valence-electron chi connectivity index (χ1n) is 6.09. The molecule has 0 saturated carbocycles. The van der Waals surface area contributed by atoms with Crippen LogP contribution in [0.4, 0.5) is 0 Å². The molecule has 0 spiro atoms. The predicted molar refractivity (Wildman–Crippen MR) is 68.9 cm³/mol. The van der Waals surface area contributed by atoms with Gasteiger partial charge in [0, 0.05) is 5.54 Å². The van der Waals surface area contributed by atoms with Gasteiger partial charge >= 0.3 is 0 Å². The molecule has 94 valence electrons. The van der Waals surface area contributed by atoms with Gasteiger partial charge in [0.2, 0.25) is 0 Å². The Labute approximate surface area is 103 Å². The summed E-state index contributed by atoms with van der Waals surface area (Å²) in [6, 6.07) is 4.07. The van der Waals surface area contributed by atoms with Crippen molar-refractivity contribution in [1.82, 2.24) is 5.32 Å². The van der Waals surface area contributed by atoms with Crippen LogP contribution in [0.3, 0.4) is 0 Å². The average Bonchev–Trinajstić information content (AvgIpc) is 2.76. The summed E-state index contributed by atoms with van der Waals surface area (Å²) >= 11 is 0. The van der Waals surface area contributed by atoms with Crippen LogP contribution >= 0.6 is 0 Å². The highest BCUT2D eigenvalue weighted by molar-refractivity contribution is 5.53. The van der Waals surface area contributed by atoms with Gasteiger partial charge in [-0.25, -0.2) is 0 Å². The number of hydrogen-bond donors (Lipinski definition) is 1. The minimum absolute atomic E-state index is 0.0390. The Bertz CT molecular complexity index is 409. The van der Waals surface area contributed by atoms with Gasteiger partial charge in [-0.3, -0.25) is 0 Å². The lowest BCUT2D eigenvalue weighted by Gasteiger charge is -2.29. The van der Waals surface area contributed by atoms with E-state index in [0.29, 0.717) is 0 Å². The summed E-state index contributed by atoms with van der Waals surface area (Å²) in [5.41, 5.74) is 2.26. The predicted octanol–water partition coefficient (Wildman–Crippen LogP) is 2.61. The molecule has 0 amide bonds. The number of methoxy groups -OCH3 is 2. The van der Waals surface area contributed by atoms with Crippen molar-refractivity contribution in [2.45, 2.75) is 32.2 Å². The van der Waals surface area contributed by atoms with Crippen molar-refractivity contribution in [3.63, 3.8) is 0 Å². The SMILES string of the molecule is COc1ccc(C)c(OC)c1C1(C)CCCN1. The van der Waals surface area contributed by atoms with E-state index in [9.17, 15) is 0 Å². The van der Waals surface area contributed by atoms with Crippen molar-refractivity contribution >= 4 is 0 Å². The molecule has 3 heteroatoms. The summed E-state index contributed by atoms with van der Waals surface area (Å²) in [6.07, 6.45) is 2.31. The van der Waals surface area contributed by atoms with E-state index in [1.807, 2.05) is 12.1 Å². The highest BCUT2D eigenvalue weighted by atomic mass is 16.5. The van der Waals surface area contributed by atoms with Crippen molar-refractivity contribution in [2.75, 3.05) is 20.8 Å². The molecule has 1 N–H and O–H groups in total. The van der Waals surface area contributed by atoms with Crippen LogP contribution in [0.2, 0.25) is 0 Å². The third-order valence-electron chi connectivity index (χ3n) is 3.66. The van der Waals surface area contributed by atoms with Crippen LogP contribution in [-0.2, 0) is 5.54 Å². The van der Waals surface area contributed by atoms with Crippen molar-refractivity contribution < 1.29 is 9.47 Å². The molecule has 0 bridgehead atoms. The molecule has 17 heavy (non-hydrogen) atoms. The molecule has 0 aliphatic carbocycles. The fourth-order valence-corrected chi connectivity index (χ4v) is 2.73. The molecular weight excluding hydrogens is 214 g/mol. The third-order valence-corrected chi connectivity index (χ3v) is 3.66. The molecule has 1 aliphatic rings. The fraction of sp³-hybridized carbons (Fsp3) is 0.571. The van der Waals surface area contributed by atoms with Gasteiger partial charge in [-0.1, -0.05) is 6.07 Å². The lowest BCUT2D eigenvalue weighted by atomic mass is 9.87. The summed E-state index contributed by atoms with van der Waals surface area (Å²) in [5, 5.41) is 3.57. The maximum Gasteiger partial charge on any atom is 0.130 e. The van der Waals surface area contributed by atoms with E-state index < -0.39 is 0 Å². The Hall–Kier alpha value is -1.22. The van der Waals surface area contributed by atoms with Crippen LogP contribution in [0.1, 0.15) is 30.9 Å². The minimum atomic E-state index is -0.0390. The molecule has 1 aromatic rings. The molecule has 1 aromatic carbocycles. The molecule has 1 atom stereocenters. The highest BCUT2D eigenvalue weighted by Gasteiger charge is 2.36. The van der Waals surface area contributed by atoms with E-state index >= 15 is 0 Å². The molecule has 1 aliphatic heterocycles. The monoisotopic (exact) mass is 235 g/mol. The molecule has 1 saturated heterocycles. The Morgan fingerprint density at radius 3 is 2.53 bits per heavy atom. The second kappa shape index (κ2) is 4.57. The number of hydrogen-bond acceptors (Lipinski definition) is 3. The molecule has 1 heterocycles. The van der Waals surface area contributed by atoms with E-state index in [1.54, 1.807) is 14.2 Å². The summed E-state index contributed by atoms with van der Waals surface area (Å²) in [6.45, 7) is 5.34. The molecule has 0 aromatic heterocycles. The average molecular weight is 235 g/mol. The lowest BCUT2D eigenvalue weighted by molar-refractivity contribution is 0.339. The number of benzene rings is 1. The maximum absolute atomic E-state index is 5.58. The number of aryl methyl sites for hydroxylation is 1. The smallest absolute Gasteiger partial charge is 0.130 e. The van der Waals surface area contributed by atoms with Crippen molar-refractivity contribution in [2.24, 2.45) is 0 Å². The Balaban J connectivity index is 2.59. The fourth-order valence-electron chi connectivity index (χ4n) is 2.73. The Morgan fingerprint density at radius 2 is 2.00 bits per heavy atom. The van der Waals surface area contributed by atoms with Crippen LogP contribution in [0, 0.1) is 6.92 Å². The molecule has 1 unspecified atom stereocenters. The van der Waals surface area contributed by atoms with E-state index in [-0.39, 0.29) is 5.54 Å². The van der Waals surface area contributed by atoms with E-state index in [1.165, 1.54) is 6.42 Å². The minimum Gasteiger partial charge on any atom is -0.496 e. The summed E-state index contributed by atoms with van der Waals surface area (Å²) in [5.74, 6) is 1.85. The Kier molecular flexibility index (Phi) is 3.29. The molecule has 3 nitrogen and oxygen atoms in total. The van der Waals surface area contributed by atoms with Crippen LogP contribution < -0.4 is 14.8 Å². The zero-order valence-electron chi connectivity index (χ0n) is 11.1. The van der Waals surface area contributed by atoms with Gasteiger partial charge in [-0.05, 0) is 44.9 Å². The highest BCUT2D eigenvalue weighted by Crippen LogP contribution is 2.43. The van der Waals surface area contributed by atoms with Gasteiger partial charge in [0.05, 0.1) is 19.8 Å².